The van der Waals surface area contributed by atoms with Crippen LogP contribution in [0.4, 0.5) is 5.69 Å². The van der Waals surface area contributed by atoms with Crippen LogP contribution in [-0.2, 0) is 11.2 Å². The molecule has 1 aliphatic heterocycles. The van der Waals surface area contributed by atoms with Crippen molar-refractivity contribution >= 4 is 11.6 Å². The lowest BCUT2D eigenvalue weighted by Crippen LogP contribution is -2.54. The lowest BCUT2D eigenvalue weighted by molar-refractivity contribution is -0.118. The largest absolute Gasteiger partial charge is 0.325 e. The lowest BCUT2D eigenvalue weighted by atomic mass is 10.1. The van der Waals surface area contributed by atoms with Crippen LogP contribution < -0.4 is 16.0 Å². The first kappa shape index (κ1) is 12.1. The summed E-state index contributed by atoms with van der Waals surface area (Å²) in [6.07, 6.45) is 1.02. The van der Waals surface area contributed by atoms with Crippen LogP contribution in [0.3, 0.4) is 0 Å². The molecule has 1 unspecified atom stereocenters. The predicted octanol–water partition coefficient (Wildman–Crippen LogP) is 0.749. The Kier molecular flexibility index (Phi) is 4.12. The summed E-state index contributed by atoms with van der Waals surface area (Å²) in [5.74, 6) is 0.0291. The highest BCUT2D eigenvalue weighted by Crippen LogP contribution is 2.10. The van der Waals surface area contributed by atoms with Crippen molar-refractivity contribution in [3.8, 4) is 0 Å². The molecule has 1 aromatic rings. The van der Waals surface area contributed by atoms with E-state index in [1.165, 1.54) is 5.56 Å². The minimum absolute atomic E-state index is 0.0291. The van der Waals surface area contributed by atoms with Gasteiger partial charge in [-0.15, -0.1) is 0 Å². The molecule has 0 radical (unpaired) electrons. The molecule has 1 aromatic carbocycles. The molecular weight excluding hydrogens is 214 g/mol. The zero-order valence-electron chi connectivity index (χ0n) is 10.1. The third kappa shape index (κ3) is 3.28. The van der Waals surface area contributed by atoms with E-state index in [0.29, 0.717) is 6.54 Å². The average molecular weight is 233 g/mol. The molecule has 1 amide bonds. The molecule has 1 atom stereocenters. The van der Waals surface area contributed by atoms with Gasteiger partial charge in [0.05, 0.1) is 6.04 Å². The Morgan fingerprint density at radius 1 is 1.35 bits per heavy atom. The SMILES string of the molecule is CCc1ccc(NC(=O)C2CNCCN2)cc1. The van der Waals surface area contributed by atoms with E-state index < -0.39 is 0 Å². The van der Waals surface area contributed by atoms with Gasteiger partial charge >= 0.3 is 0 Å². The molecule has 0 saturated carbocycles. The molecule has 1 saturated heterocycles. The van der Waals surface area contributed by atoms with E-state index in [4.69, 9.17) is 0 Å². The normalized spacial score (nSPS) is 19.9. The van der Waals surface area contributed by atoms with Gasteiger partial charge in [-0.05, 0) is 24.1 Å². The van der Waals surface area contributed by atoms with E-state index in [0.717, 1.165) is 25.2 Å². The molecule has 4 heteroatoms. The second kappa shape index (κ2) is 5.80. The first-order valence-corrected chi connectivity index (χ1v) is 6.13. The summed E-state index contributed by atoms with van der Waals surface area (Å²) in [5, 5.41) is 9.31. The van der Waals surface area contributed by atoms with Crippen molar-refractivity contribution in [3.05, 3.63) is 29.8 Å². The van der Waals surface area contributed by atoms with Crippen molar-refractivity contribution in [2.24, 2.45) is 0 Å². The Morgan fingerprint density at radius 2 is 2.12 bits per heavy atom. The van der Waals surface area contributed by atoms with Crippen molar-refractivity contribution in [3.63, 3.8) is 0 Å². The van der Waals surface area contributed by atoms with Crippen LogP contribution >= 0.6 is 0 Å². The monoisotopic (exact) mass is 233 g/mol. The van der Waals surface area contributed by atoms with Crippen LogP contribution in [0.1, 0.15) is 12.5 Å². The Morgan fingerprint density at radius 3 is 2.71 bits per heavy atom. The minimum Gasteiger partial charge on any atom is -0.325 e. The van der Waals surface area contributed by atoms with Gasteiger partial charge in [-0.25, -0.2) is 0 Å². The number of benzene rings is 1. The molecule has 0 spiro atoms. The molecule has 4 nitrogen and oxygen atoms in total. The molecule has 92 valence electrons. The van der Waals surface area contributed by atoms with Gasteiger partial charge in [0.1, 0.15) is 0 Å². The number of hydrogen-bond donors (Lipinski definition) is 3. The van der Waals surface area contributed by atoms with Gasteiger partial charge in [0.2, 0.25) is 5.91 Å². The molecule has 1 fully saturated rings. The van der Waals surface area contributed by atoms with Gasteiger partial charge in [0.15, 0.2) is 0 Å². The van der Waals surface area contributed by atoms with E-state index in [1.807, 2.05) is 24.3 Å². The highest BCUT2D eigenvalue weighted by Gasteiger charge is 2.19. The molecule has 1 heterocycles. The van der Waals surface area contributed by atoms with Crippen LogP contribution in [0.25, 0.3) is 0 Å². The lowest BCUT2D eigenvalue weighted by Gasteiger charge is -2.23. The predicted molar refractivity (Wildman–Crippen MR) is 69.1 cm³/mol. The van der Waals surface area contributed by atoms with E-state index >= 15 is 0 Å². The van der Waals surface area contributed by atoms with Crippen LogP contribution in [0, 0.1) is 0 Å². The highest BCUT2D eigenvalue weighted by atomic mass is 16.2. The van der Waals surface area contributed by atoms with Crippen molar-refractivity contribution in [2.45, 2.75) is 19.4 Å². The number of rotatable bonds is 3. The summed E-state index contributed by atoms with van der Waals surface area (Å²) >= 11 is 0. The minimum atomic E-state index is -0.130. The number of nitrogens with one attached hydrogen (secondary N) is 3. The number of aryl methyl sites for hydroxylation is 1. The van der Waals surface area contributed by atoms with Crippen molar-refractivity contribution < 1.29 is 4.79 Å². The third-order valence-corrected chi connectivity index (χ3v) is 2.99. The highest BCUT2D eigenvalue weighted by molar-refractivity contribution is 5.95. The summed E-state index contributed by atoms with van der Waals surface area (Å²) in [6.45, 7) is 4.58. The molecule has 1 aliphatic rings. The zero-order valence-corrected chi connectivity index (χ0v) is 10.1. The van der Waals surface area contributed by atoms with Crippen molar-refractivity contribution in [1.29, 1.82) is 0 Å². The fraction of sp³-hybridized carbons (Fsp3) is 0.462. The molecule has 17 heavy (non-hydrogen) atoms. The number of carbonyl (C=O) groups excluding carboxylic acids is 1. The topological polar surface area (TPSA) is 53.2 Å². The van der Waals surface area contributed by atoms with Crippen molar-refractivity contribution in [2.75, 3.05) is 25.0 Å². The van der Waals surface area contributed by atoms with E-state index in [1.54, 1.807) is 0 Å². The Balaban J connectivity index is 1.92. The Hall–Kier alpha value is -1.39. The van der Waals surface area contributed by atoms with E-state index in [-0.39, 0.29) is 11.9 Å². The van der Waals surface area contributed by atoms with Crippen LogP contribution in [-0.4, -0.2) is 31.6 Å². The average Bonchev–Trinajstić information content (AvgIpc) is 2.40. The first-order chi connectivity index (χ1) is 8.29. The maximum absolute atomic E-state index is 11.9. The van der Waals surface area contributed by atoms with Gasteiger partial charge in [0, 0.05) is 25.3 Å². The zero-order chi connectivity index (χ0) is 12.1. The van der Waals surface area contributed by atoms with Crippen LogP contribution in [0.15, 0.2) is 24.3 Å². The summed E-state index contributed by atoms with van der Waals surface area (Å²) in [5.41, 5.74) is 2.14. The Labute approximate surface area is 102 Å². The van der Waals surface area contributed by atoms with Crippen LogP contribution in [0.5, 0.6) is 0 Å². The van der Waals surface area contributed by atoms with Gasteiger partial charge in [-0.2, -0.15) is 0 Å². The standard InChI is InChI=1S/C13H19N3O/c1-2-10-3-5-11(6-4-10)16-13(17)12-9-14-7-8-15-12/h3-6,12,14-15H,2,7-9H2,1H3,(H,16,17). The fourth-order valence-corrected chi connectivity index (χ4v) is 1.89. The number of anilines is 1. The van der Waals surface area contributed by atoms with Gasteiger partial charge in [-0.1, -0.05) is 19.1 Å². The summed E-state index contributed by atoms with van der Waals surface area (Å²) in [7, 11) is 0. The maximum Gasteiger partial charge on any atom is 0.242 e. The quantitative estimate of drug-likeness (QED) is 0.722. The summed E-state index contributed by atoms with van der Waals surface area (Å²) in [4.78, 5) is 11.9. The van der Waals surface area contributed by atoms with Crippen LogP contribution in [0.2, 0.25) is 0 Å². The molecule has 3 N–H and O–H groups in total. The second-order valence-corrected chi connectivity index (χ2v) is 4.25. The van der Waals surface area contributed by atoms with Gasteiger partial charge in [-0.3, -0.25) is 4.79 Å². The number of hydrogen-bond acceptors (Lipinski definition) is 3. The first-order valence-electron chi connectivity index (χ1n) is 6.13. The number of amides is 1. The fourth-order valence-electron chi connectivity index (χ4n) is 1.89. The molecule has 2 rings (SSSR count). The number of carbonyl (C=O) groups is 1. The second-order valence-electron chi connectivity index (χ2n) is 4.25. The molecule has 0 aromatic heterocycles. The summed E-state index contributed by atoms with van der Waals surface area (Å²) < 4.78 is 0. The smallest absolute Gasteiger partial charge is 0.242 e. The van der Waals surface area contributed by atoms with E-state index in [2.05, 4.69) is 22.9 Å². The van der Waals surface area contributed by atoms with Crippen molar-refractivity contribution in [1.82, 2.24) is 10.6 Å². The van der Waals surface area contributed by atoms with Gasteiger partial charge < -0.3 is 16.0 Å². The Bertz CT molecular complexity index is 369. The maximum atomic E-state index is 11.9. The number of piperazine rings is 1. The molecular formula is C13H19N3O. The van der Waals surface area contributed by atoms with E-state index in [9.17, 15) is 4.79 Å². The molecule has 0 aliphatic carbocycles. The third-order valence-electron chi connectivity index (χ3n) is 2.99. The summed E-state index contributed by atoms with van der Waals surface area (Å²) in [6, 6.07) is 7.86. The molecule has 0 bridgehead atoms. The van der Waals surface area contributed by atoms with Gasteiger partial charge in [0.25, 0.3) is 0 Å².